The van der Waals surface area contributed by atoms with Crippen molar-refractivity contribution in [2.75, 3.05) is 19.6 Å². The molecule has 1 aliphatic rings. The van der Waals surface area contributed by atoms with Crippen LogP contribution in [0.2, 0.25) is 0 Å². The molecule has 0 spiro atoms. The average Bonchev–Trinajstić information content (AvgIpc) is 2.48. The van der Waals surface area contributed by atoms with Gasteiger partial charge in [0.2, 0.25) is 0 Å². The molecule has 1 unspecified atom stereocenters. The summed E-state index contributed by atoms with van der Waals surface area (Å²) in [6.45, 7) is 10.8. The van der Waals surface area contributed by atoms with Crippen LogP contribution in [0.3, 0.4) is 0 Å². The third kappa shape index (κ3) is 5.76. The summed E-state index contributed by atoms with van der Waals surface area (Å²) in [5.41, 5.74) is 4.25. The van der Waals surface area contributed by atoms with Gasteiger partial charge in [-0.3, -0.25) is 0 Å². The normalized spacial score (nSPS) is 17.3. The predicted octanol–water partition coefficient (Wildman–Crippen LogP) is 5.64. The lowest BCUT2D eigenvalue weighted by Crippen LogP contribution is -2.34. The van der Waals surface area contributed by atoms with Gasteiger partial charge in [-0.25, -0.2) is 0 Å². The number of nitrogens with zero attached hydrogens (tertiary/aromatic N) is 1. The van der Waals surface area contributed by atoms with Crippen LogP contribution < -0.4 is 0 Å². The van der Waals surface area contributed by atoms with Crippen LogP contribution in [0.25, 0.3) is 0 Å². The van der Waals surface area contributed by atoms with Gasteiger partial charge in [0.1, 0.15) is 0 Å². The van der Waals surface area contributed by atoms with E-state index in [4.69, 9.17) is 11.6 Å². The second kappa shape index (κ2) is 9.80. The van der Waals surface area contributed by atoms with Crippen molar-refractivity contribution < 1.29 is 0 Å². The molecular weight excluding hydrogens is 313 g/mol. The number of benzene rings is 1. The van der Waals surface area contributed by atoms with Crippen molar-refractivity contribution in [2.24, 2.45) is 5.92 Å². The molecule has 22 heavy (non-hydrogen) atoms. The Kier molecular flexibility index (Phi) is 8.82. The molecule has 0 radical (unpaired) electrons. The smallest absolute Gasteiger partial charge is 0.0474 e. The maximum Gasteiger partial charge on any atom is 0.0474 e. The second-order valence-electron chi connectivity index (χ2n) is 6.99. The minimum atomic E-state index is 0. The maximum absolute atomic E-state index is 5.98. The zero-order valence-electron chi connectivity index (χ0n) is 14.3. The molecule has 1 aromatic carbocycles. The zero-order chi connectivity index (χ0) is 15.2. The van der Waals surface area contributed by atoms with Gasteiger partial charge >= 0.3 is 0 Å². The number of hydrogen-bond acceptors (Lipinski definition) is 1. The molecule has 0 aromatic heterocycles. The van der Waals surface area contributed by atoms with Gasteiger partial charge in [-0.05, 0) is 60.9 Å². The first-order chi connectivity index (χ1) is 10.1. The summed E-state index contributed by atoms with van der Waals surface area (Å²) in [6, 6.07) is 6.81. The Bertz CT molecular complexity index is 439. The highest BCUT2D eigenvalue weighted by Crippen LogP contribution is 2.25. The highest BCUT2D eigenvalue weighted by atomic mass is 35.5. The van der Waals surface area contributed by atoms with Gasteiger partial charge in [0.05, 0.1) is 0 Å². The van der Waals surface area contributed by atoms with E-state index in [2.05, 4.69) is 43.9 Å². The SMILES string of the molecule is CC(Cc1ccc(CCl)cc1C(C)C)CN1CCCCC1.Cl. The minimum absolute atomic E-state index is 0. The van der Waals surface area contributed by atoms with E-state index in [0.717, 1.165) is 5.92 Å². The molecule has 126 valence electrons. The van der Waals surface area contributed by atoms with Crippen molar-refractivity contribution in [2.45, 2.75) is 58.3 Å². The summed E-state index contributed by atoms with van der Waals surface area (Å²) < 4.78 is 0. The summed E-state index contributed by atoms with van der Waals surface area (Å²) in [6.07, 6.45) is 5.37. The Morgan fingerprint density at radius 3 is 2.36 bits per heavy atom. The summed E-state index contributed by atoms with van der Waals surface area (Å²) in [5.74, 6) is 1.91. The lowest BCUT2D eigenvalue weighted by Gasteiger charge is -2.29. The summed E-state index contributed by atoms with van der Waals surface area (Å²) in [7, 11) is 0. The van der Waals surface area contributed by atoms with Gasteiger partial charge in [-0.15, -0.1) is 24.0 Å². The fraction of sp³-hybridized carbons (Fsp3) is 0.684. The summed E-state index contributed by atoms with van der Waals surface area (Å²) in [4.78, 5) is 2.65. The number of rotatable bonds is 6. The standard InChI is InChI=1S/C19H30ClN.ClH/c1-15(2)19-12-17(13-20)7-8-18(19)11-16(3)14-21-9-5-4-6-10-21;/h7-8,12,15-16H,4-6,9-11,13-14H2,1-3H3;1H. The molecule has 1 aliphatic heterocycles. The zero-order valence-corrected chi connectivity index (χ0v) is 15.8. The van der Waals surface area contributed by atoms with Crippen molar-refractivity contribution in [3.05, 3.63) is 34.9 Å². The van der Waals surface area contributed by atoms with Crippen LogP contribution in [0.4, 0.5) is 0 Å². The minimum Gasteiger partial charge on any atom is -0.303 e. The first-order valence-electron chi connectivity index (χ1n) is 8.50. The predicted molar refractivity (Wildman–Crippen MR) is 100 cm³/mol. The summed E-state index contributed by atoms with van der Waals surface area (Å²) in [5, 5.41) is 0. The Balaban J connectivity index is 0.00000242. The van der Waals surface area contributed by atoms with Crippen LogP contribution >= 0.6 is 24.0 Å². The third-order valence-corrected chi connectivity index (χ3v) is 4.88. The monoisotopic (exact) mass is 343 g/mol. The lowest BCUT2D eigenvalue weighted by atomic mass is 9.89. The van der Waals surface area contributed by atoms with E-state index in [9.17, 15) is 0 Å². The van der Waals surface area contributed by atoms with Crippen molar-refractivity contribution in [3.63, 3.8) is 0 Å². The average molecular weight is 344 g/mol. The van der Waals surface area contributed by atoms with Gasteiger partial charge in [0, 0.05) is 12.4 Å². The molecule has 1 heterocycles. The van der Waals surface area contributed by atoms with E-state index < -0.39 is 0 Å². The molecule has 0 N–H and O–H groups in total. The van der Waals surface area contributed by atoms with E-state index in [-0.39, 0.29) is 12.4 Å². The van der Waals surface area contributed by atoms with Crippen molar-refractivity contribution in [3.8, 4) is 0 Å². The van der Waals surface area contributed by atoms with Crippen LogP contribution in [0, 0.1) is 5.92 Å². The first-order valence-corrected chi connectivity index (χ1v) is 9.03. The van der Waals surface area contributed by atoms with Crippen LogP contribution in [-0.2, 0) is 12.3 Å². The topological polar surface area (TPSA) is 3.24 Å². The number of halogens is 2. The quantitative estimate of drug-likeness (QED) is 0.604. The molecule has 0 saturated carbocycles. The molecule has 1 nitrogen and oxygen atoms in total. The molecule has 1 atom stereocenters. The van der Waals surface area contributed by atoms with Crippen molar-refractivity contribution in [1.82, 2.24) is 4.90 Å². The van der Waals surface area contributed by atoms with Gasteiger partial charge in [-0.2, -0.15) is 0 Å². The molecule has 1 saturated heterocycles. The van der Waals surface area contributed by atoms with Crippen LogP contribution in [-0.4, -0.2) is 24.5 Å². The van der Waals surface area contributed by atoms with Crippen molar-refractivity contribution >= 4 is 24.0 Å². The van der Waals surface area contributed by atoms with Gasteiger partial charge in [0.25, 0.3) is 0 Å². The maximum atomic E-state index is 5.98. The van der Waals surface area contributed by atoms with Crippen molar-refractivity contribution in [1.29, 1.82) is 0 Å². The molecule has 0 aliphatic carbocycles. The van der Waals surface area contributed by atoms with Crippen LogP contribution in [0.15, 0.2) is 18.2 Å². The van der Waals surface area contributed by atoms with Gasteiger partial charge in [-0.1, -0.05) is 45.4 Å². The molecule has 0 bridgehead atoms. The Labute approximate surface area is 147 Å². The molecule has 0 amide bonds. The molecular formula is C19H31Cl2N. The van der Waals surface area contributed by atoms with Gasteiger partial charge < -0.3 is 4.90 Å². The highest BCUT2D eigenvalue weighted by Gasteiger charge is 2.16. The number of hydrogen-bond donors (Lipinski definition) is 0. The van der Waals surface area contributed by atoms with Crippen LogP contribution in [0.1, 0.15) is 62.6 Å². The number of likely N-dealkylation sites (tertiary alicyclic amines) is 1. The van der Waals surface area contributed by atoms with E-state index in [0.29, 0.717) is 11.8 Å². The fourth-order valence-corrected chi connectivity index (χ4v) is 3.64. The molecule has 3 heteroatoms. The van der Waals surface area contributed by atoms with Crippen LogP contribution in [0.5, 0.6) is 0 Å². The Morgan fingerprint density at radius 1 is 1.09 bits per heavy atom. The Morgan fingerprint density at radius 2 is 1.77 bits per heavy atom. The highest BCUT2D eigenvalue weighted by molar-refractivity contribution is 6.17. The third-order valence-electron chi connectivity index (χ3n) is 4.57. The van der Waals surface area contributed by atoms with E-state index >= 15 is 0 Å². The Hall–Kier alpha value is -0.240. The number of piperidine rings is 1. The van der Waals surface area contributed by atoms with E-state index in [1.165, 1.54) is 62.0 Å². The van der Waals surface area contributed by atoms with E-state index in [1.54, 1.807) is 0 Å². The first kappa shape index (κ1) is 19.8. The van der Waals surface area contributed by atoms with E-state index in [1.807, 2.05) is 0 Å². The largest absolute Gasteiger partial charge is 0.303 e. The van der Waals surface area contributed by atoms with Gasteiger partial charge in [0.15, 0.2) is 0 Å². The lowest BCUT2D eigenvalue weighted by molar-refractivity contribution is 0.200. The molecule has 1 aromatic rings. The molecule has 2 rings (SSSR count). The molecule has 1 fully saturated rings. The number of alkyl halides is 1. The fourth-order valence-electron chi connectivity index (χ4n) is 3.47. The summed E-state index contributed by atoms with van der Waals surface area (Å²) >= 11 is 5.98. The second-order valence-corrected chi connectivity index (χ2v) is 7.26.